The van der Waals surface area contributed by atoms with Crippen LogP contribution >= 0.6 is 11.8 Å². The van der Waals surface area contributed by atoms with Crippen LogP contribution in [0.5, 0.6) is 0 Å². The maximum atomic E-state index is 12.0. The van der Waals surface area contributed by atoms with Crippen molar-refractivity contribution in [3.8, 4) is 0 Å². The molecule has 1 N–H and O–H groups in total. The third-order valence-corrected chi connectivity index (χ3v) is 2.31. The predicted molar refractivity (Wildman–Crippen MR) is 46.1 cm³/mol. The molecule has 0 bridgehead atoms. The van der Waals surface area contributed by atoms with Crippen molar-refractivity contribution >= 4 is 11.8 Å². The Morgan fingerprint density at radius 3 is 2.79 bits per heavy atom. The zero-order valence-electron chi connectivity index (χ0n) is 7.32. The number of aromatic nitrogens is 2. The number of hydrogen-bond donors (Lipinski definition) is 1. The lowest BCUT2D eigenvalue weighted by molar-refractivity contribution is -0.207. The van der Waals surface area contributed by atoms with E-state index < -0.39 is 18.8 Å². The molecule has 1 heterocycles. The highest BCUT2D eigenvalue weighted by Gasteiger charge is 2.38. The molecule has 0 radical (unpaired) electrons. The molecule has 0 amide bonds. The van der Waals surface area contributed by atoms with Gasteiger partial charge in [-0.2, -0.15) is 13.2 Å². The van der Waals surface area contributed by atoms with Gasteiger partial charge in [-0.3, -0.25) is 0 Å². The lowest BCUT2D eigenvalue weighted by Crippen LogP contribution is -2.32. The number of halogens is 3. The fourth-order valence-electron chi connectivity index (χ4n) is 0.914. The Labute approximate surface area is 82.9 Å². The number of thioether (sulfide) groups is 1. The minimum Gasteiger partial charge on any atom is -0.382 e. The van der Waals surface area contributed by atoms with Crippen LogP contribution < -0.4 is 0 Å². The van der Waals surface area contributed by atoms with Crippen molar-refractivity contribution in [1.29, 1.82) is 0 Å². The highest BCUT2D eigenvalue weighted by Crippen LogP contribution is 2.22. The molecule has 80 valence electrons. The van der Waals surface area contributed by atoms with Crippen LogP contribution in [0.2, 0.25) is 0 Å². The highest BCUT2D eigenvalue weighted by molar-refractivity contribution is 7.98. The molecule has 1 rings (SSSR count). The summed E-state index contributed by atoms with van der Waals surface area (Å²) in [6, 6.07) is 0. The Morgan fingerprint density at radius 2 is 2.29 bits per heavy atom. The molecule has 0 aliphatic heterocycles. The molecule has 1 unspecified atom stereocenters. The van der Waals surface area contributed by atoms with E-state index in [4.69, 9.17) is 5.11 Å². The van der Waals surface area contributed by atoms with E-state index in [9.17, 15) is 13.2 Å². The first-order chi connectivity index (χ1) is 6.45. The summed E-state index contributed by atoms with van der Waals surface area (Å²) >= 11 is 1.23. The number of rotatable bonds is 3. The van der Waals surface area contributed by atoms with Crippen LogP contribution in [0.4, 0.5) is 13.2 Å². The molecule has 0 aromatic carbocycles. The van der Waals surface area contributed by atoms with Crippen molar-refractivity contribution in [2.24, 2.45) is 0 Å². The second kappa shape index (κ2) is 4.22. The first kappa shape index (κ1) is 11.4. The van der Waals surface area contributed by atoms with Gasteiger partial charge in [0, 0.05) is 12.4 Å². The van der Waals surface area contributed by atoms with Crippen LogP contribution in [0.25, 0.3) is 0 Å². The smallest absolute Gasteiger partial charge is 0.382 e. The molecule has 14 heavy (non-hydrogen) atoms. The van der Waals surface area contributed by atoms with E-state index in [0.717, 1.165) is 0 Å². The molecule has 7 heteroatoms. The predicted octanol–water partition coefficient (Wildman–Crippen LogP) is 1.53. The van der Waals surface area contributed by atoms with Gasteiger partial charge in [0.25, 0.3) is 0 Å². The SMILES string of the molecule is CSc1nccn1CC(O)C(F)(F)F. The van der Waals surface area contributed by atoms with Gasteiger partial charge in [-0.25, -0.2) is 4.98 Å². The summed E-state index contributed by atoms with van der Waals surface area (Å²) in [5, 5.41) is 9.25. The lowest BCUT2D eigenvalue weighted by atomic mass is 10.3. The topological polar surface area (TPSA) is 38.0 Å². The standard InChI is InChI=1S/C7H9F3N2OS/c1-14-6-11-2-3-12(6)4-5(13)7(8,9)10/h2-3,5,13H,4H2,1H3. The zero-order chi connectivity index (χ0) is 10.8. The Morgan fingerprint density at radius 1 is 1.64 bits per heavy atom. The van der Waals surface area contributed by atoms with Gasteiger partial charge in [-0.1, -0.05) is 11.8 Å². The second-order valence-corrected chi connectivity index (χ2v) is 3.40. The third-order valence-electron chi connectivity index (χ3n) is 1.61. The van der Waals surface area contributed by atoms with Crippen LogP contribution in [-0.4, -0.2) is 33.2 Å². The van der Waals surface area contributed by atoms with Crippen molar-refractivity contribution in [3.05, 3.63) is 12.4 Å². The van der Waals surface area contributed by atoms with Gasteiger partial charge in [0.15, 0.2) is 11.3 Å². The van der Waals surface area contributed by atoms with Gasteiger partial charge in [-0.05, 0) is 6.26 Å². The minimum absolute atomic E-state index is 0.452. The molecule has 0 spiro atoms. The fourth-order valence-corrected chi connectivity index (χ4v) is 1.45. The average Bonchev–Trinajstić information content (AvgIpc) is 2.50. The molecule has 0 saturated carbocycles. The van der Waals surface area contributed by atoms with E-state index in [-0.39, 0.29) is 0 Å². The summed E-state index contributed by atoms with van der Waals surface area (Å²) in [5.74, 6) is 0. The Kier molecular flexibility index (Phi) is 3.43. The number of aliphatic hydroxyl groups excluding tert-OH is 1. The average molecular weight is 226 g/mol. The maximum Gasteiger partial charge on any atom is 0.416 e. The fraction of sp³-hybridized carbons (Fsp3) is 0.571. The summed E-state index contributed by atoms with van der Waals surface area (Å²) in [6.45, 7) is -0.514. The normalized spacial score (nSPS) is 14.4. The van der Waals surface area contributed by atoms with Gasteiger partial charge < -0.3 is 9.67 Å². The van der Waals surface area contributed by atoms with Crippen LogP contribution in [0, 0.1) is 0 Å². The monoisotopic (exact) mass is 226 g/mol. The molecule has 0 fully saturated rings. The number of aliphatic hydroxyl groups is 1. The third kappa shape index (κ3) is 2.65. The Balaban J connectivity index is 2.69. The molecule has 0 aliphatic carbocycles. The summed E-state index contributed by atoms with van der Waals surface area (Å²) in [4.78, 5) is 3.82. The lowest BCUT2D eigenvalue weighted by Gasteiger charge is -2.15. The molecule has 3 nitrogen and oxygen atoms in total. The number of nitrogens with zero attached hydrogens (tertiary/aromatic N) is 2. The molecule has 1 atom stereocenters. The van der Waals surface area contributed by atoms with Crippen LogP contribution in [0.3, 0.4) is 0 Å². The van der Waals surface area contributed by atoms with E-state index in [2.05, 4.69) is 4.98 Å². The molecular weight excluding hydrogens is 217 g/mol. The first-order valence-corrected chi connectivity index (χ1v) is 4.97. The highest BCUT2D eigenvalue weighted by atomic mass is 32.2. The van der Waals surface area contributed by atoms with Crippen LogP contribution in [0.15, 0.2) is 17.6 Å². The summed E-state index contributed by atoms with van der Waals surface area (Å²) < 4.78 is 37.2. The van der Waals surface area contributed by atoms with E-state index in [1.165, 1.54) is 28.7 Å². The van der Waals surface area contributed by atoms with Crippen molar-refractivity contribution in [2.75, 3.05) is 6.26 Å². The maximum absolute atomic E-state index is 12.0. The van der Waals surface area contributed by atoms with Gasteiger partial charge in [0.2, 0.25) is 0 Å². The molecule has 1 aromatic heterocycles. The van der Waals surface area contributed by atoms with Crippen molar-refractivity contribution < 1.29 is 18.3 Å². The van der Waals surface area contributed by atoms with E-state index in [1.807, 2.05) is 0 Å². The van der Waals surface area contributed by atoms with Crippen molar-refractivity contribution in [1.82, 2.24) is 9.55 Å². The van der Waals surface area contributed by atoms with E-state index in [0.29, 0.717) is 5.16 Å². The Bertz CT molecular complexity index is 299. The largest absolute Gasteiger partial charge is 0.416 e. The van der Waals surface area contributed by atoms with Crippen LogP contribution in [0.1, 0.15) is 0 Å². The van der Waals surface area contributed by atoms with Gasteiger partial charge in [0.1, 0.15) is 0 Å². The van der Waals surface area contributed by atoms with Gasteiger partial charge >= 0.3 is 6.18 Å². The first-order valence-electron chi connectivity index (χ1n) is 3.75. The van der Waals surface area contributed by atoms with Gasteiger partial charge in [0.05, 0.1) is 6.54 Å². The minimum atomic E-state index is -4.58. The number of hydrogen-bond acceptors (Lipinski definition) is 3. The Hall–Kier alpha value is -0.690. The van der Waals surface area contributed by atoms with E-state index in [1.54, 1.807) is 6.26 Å². The zero-order valence-corrected chi connectivity index (χ0v) is 8.14. The molecular formula is C7H9F3N2OS. The summed E-state index contributed by atoms with van der Waals surface area (Å²) in [5.41, 5.74) is 0. The molecule has 0 saturated heterocycles. The molecule has 1 aromatic rings. The number of imidazole rings is 1. The van der Waals surface area contributed by atoms with Crippen LogP contribution in [-0.2, 0) is 6.54 Å². The summed E-state index contributed by atoms with van der Waals surface area (Å²) in [7, 11) is 0. The quantitative estimate of drug-likeness (QED) is 0.794. The van der Waals surface area contributed by atoms with Crippen molar-refractivity contribution in [2.45, 2.75) is 24.0 Å². The van der Waals surface area contributed by atoms with E-state index >= 15 is 0 Å². The second-order valence-electron chi connectivity index (χ2n) is 2.62. The summed E-state index contributed by atoms with van der Waals surface area (Å²) in [6.07, 6.45) is -2.42. The van der Waals surface area contributed by atoms with Crippen molar-refractivity contribution in [3.63, 3.8) is 0 Å². The number of alkyl halides is 3. The van der Waals surface area contributed by atoms with Gasteiger partial charge in [-0.15, -0.1) is 0 Å². The molecule has 0 aliphatic rings.